The first-order chi connectivity index (χ1) is 12.5. The van der Waals surface area contributed by atoms with E-state index in [4.69, 9.17) is 5.73 Å². The van der Waals surface area contributed by atoms with Crippen LogP contribution in [0.5, 0.6) is 0 Å². The molecule has 0 aliphatic carbocycles. The van der Waals surface area contributed by atoms with E-state index in [9.17, 15) is 0 Å². The Bertz CT molecular complexity index is 784. The van der Waals surface area contributed by atoms with Gasteiger partial charge in [0.2, 0.25) is 0 Å². The zero-order valence-electron chi connectivity index (χ0n) is 16.3. The molecule has 6 nitrogen and oxygen atoms in total. The van der Waals surface area contributed by atoms with Crippen molar-refractivity contribution in [3.63, 3.8) is 0 Å². The largest absolute Gasteiger partial charge is 0.370 e. The number of likely N-dealkylation sites (N-methyl/N-ethyl adjacent to an activating group) is 1. The summed E-state index contributed by atoms with van der Waals surface area (Å²) < 4.78 is 0. The number of pyridine rings is 1. The van der Waals surface area contributed by atoms with Gasteiger partial charge in [-0.25, -0.2) is 9.98 Å². The molecule has 1 fully saturated rings. The van der Waals surface area contributed by atoms with E-state index < -0.39 is 0 Å². The molecule has 1 saturated heterocycles. The lowest BCUT2D eigenvalue weighted by atomic mass is 10.1. The Morgan fingerprint density at radius 3 is 2.56 bits per heavy atom. The van der Waals surface area contributed by atoms with Crippen LogP contribution < -0.4 is 16.0 Å². The highest BCUT2D eigenvalue weighted by Gasteiger charge is 2.15. The number of nitrogens with zero attached hydrogens (tertiary/aromatic N) is 4. The fourth-order valence-corrected chi connectivity index (χ4v) is 2.95. The molecule has 0 saturated carbocycles. The van der Waals surface area contributed by atoms with Crippen LogP contribution in [0.1, 0.15) is 16.7 Å². The second-order valence-electron chi connectivity index (χ2n) is 6.94. The van der Waals surface area contributed by atoms with Crippen molar-refractivity contribution in [3.8, 4) is 0 Å². The molecule has 3 N–H and O–H groups in total. The van der Waals surface area contributed by atoms with Gasteiger partial charge in [-0.15, -0.1) is 24.0 Å². The number of anilines is 2. The second-order valence-corrected chi connectivity index (χ2v) is 6.94. The maximum absolute atomic E-state index is 6.05. The summed E-state index contributed by atoms with van der Waals surface area (Å²) in [6.45, 7) is 8.86. The van der Waals surface area contributed by atoms with Gasteiger partial charge in [-0.1, -0.05) is 6.07 Å². The fraction of sp³-hybridized carbons (Fsp3) is 0.400. The number of aromatic nitrogens is 1. The lowest BCUT2D eigenvalue weighted by Gasteiger charge is -2.33. The van der Waals surface area contributed by atoms with Crippen LogP contribution in [-0.2, 0) is 6.54 Å². The maximum atomic E-state index is 6.05. The summed E-state index contributed by atoms with van der Waals surface area (Å²) in [6.07, 6.45) is 1.85. The van der Waals surface area contributed by atoms with E-state index >= 15 is 0 Å². The van der Waals surface area contributed by atoms with Gasteiger partial charge in [0.25, 0.3) is 0 Å². The fourth-order valence-electron chi connectivity index (χ4n) is 2.95. The predicted molar refractivity (Wildman–Crippen MR) is 124 cm³/mol. The van der Waals surface area contributed by atoms with Crippen molar-refractivity contribution < 1.29 is 0 Å². The van der Waals surface area contributed by atoms with Gasteiger partial charge >= 0.3 is 0 Å². The van der Waals surface area contributed by atoms with Crippen molar-refractivity contribution in [2.45, 2.75) is 20.4 Å². The van der Waals surface area contributed by atoms with Crippen LogP contribution in [0.4, 0.5) is 11.5 Å². The normalized spacial score (nSPS) is 15.4. The van der Waals surface area contributed by atoms with Gasteiger partial charge in [0.15, 0.2) is 5.96 Å². The molecule has 1 aromatic heterocycles. The van der Waals surface area contributed by atoms with E-state index in [1.54, 1.807) is 0 Å². The van der Waals surface area contributed by atoms with Crippen molar-refractivity contribution in [2.24, 2.45) is 10.7 Å². The second kappa shape index (κ2) is 9.89. The summed E-state index contributed by atoms with van der Waals surface area (Å²) in [5, 5.41) is 3.16. The maximum Gasteiger partial charge on any atom is 0.193 e. The molecular formula is C20H29IN6. The minimum Gasteiger partial charge on any atom is -0.370 e. The lowest BCUT2D eigenvalue weighted by molar-refractivity contribution is 0.312. The smallest absolute Gasteiger partial charge is 0.193 e. The van der Waals surface area contributed by atoms with Crippen LogP contribution in [0.25, 0.3) is 0 Å². The highest BCUT2D eigenvalue weighted by atomic mass is 127. The number of aliphatic imine (C=N–C) groups is 1. The molecule has 2 heterocycles. The first kappa shape index (κ1) is 21.4. The first-order valence-corrected chi connectivity index (χ1v) is 9.04. The minimum atomic E-state index is 0. The average molecular weight is 480 g/mol. The Morgan fingerprint density at radius 1 is 1.11 bits per heavy atom. The standard InChI is InChI=1S/C20H28N6.HI/c1-15-4-5-18(12-16(15)2)24-20(21)23-14-17-6-7-22-19(13-17)26-10-8-25(3)9-11-26;/h4-7,12-13H,8-11,14H2,1-3H3,(H3,21,23,24);1H. The monoisotopic (exact) mass is 480 g/mol. The number of halogens is 1. The van der Waals surface area contributed by atoms with Crippen molar-refractivity contribution >= 4 is 41.4 Å². The summed E-state index contributed by atoms with van der Waals surface area (Å²) in [7, 11) is 2.15. The Balaban J connectivity index is 0.00000261. The van der Waals surface area contributed by atoms with Crippen molar-refractivity contribution in [1.29, 1.82) is 0 Å². The molecule has 3 rings (SSSR count). The third-order valence-corrected chi connectivity index (χ3v) is 4.85. The van der Waals surface area contributed by atoms with Crippen LogP contribution >= 0.6 is 24.0 Å². The third kappa shape index (κ3) is 6.07. The molecule has 2 aromatic rings. The van der Waals surface area contributed by atoms with Crippen LogP contribution in [0.3, 0.4) is 0 Å². The summed E-state index contributed by atoms with van der Waals surface area (Å²) in [5.74, 6) is 1.44. The number of nitrogens with two attached hydrogens (primary N) is 1. The molecule has 0 atom stereocenters. The van der Waals surface area contributed by atoms with Crippen molar-refractivity contribution in [1.82, 2.24) is 9.88 Å². The minimum absolute atomic E-state index is 0. The average Bonchev–Trinajstić information content (AvgIpc) is 2.64. The van der Waals surface area contributed by atoms with Gasteiger partial charge in [0.1, 0.15) is 5.82 Å². The van der Waals surface area contributed by atoms with Gasteiger partial charge < -0.3 is 20.9 Å². The lowest BCUT2D eigenvalue weighted by Crippen LogP contribution is -2.44. The summed E-state index contributed by atoms with van der Waals surface area (Å²) in [5.41, 5.74) is 10.6. The SMILES string of the molecule is Cc1ccc(NC(N)=NCc2ccnc(N3CCN(C)CC3)c2)cc1C.I. The highest BCUT2D eigenvalue weighted by Crippen LogP contribution is 2.16. The van der Waals surface area contributed by atoms with E-state index in [1.807, 2.05) is 18.3 Å². The third-order valence-electron chi connectivity index (χ3n) is 4.85. The Labute approximate surface area is 178 Å². The van der Waals surface area contributed by atoms with Crippen LogP contribution in [0.2, 0.25) is 0 Å². The summed E-state index contributed by atoms with van der Waals surface area (Å²) >= 11 is 0. The Morgan fingerprint density at radius 2 is 1.85 bits per heavy atom. The molecule has 7 heteroatoms. The Kier molecular flexibility index (Phi) is 7.85. The zero-order valence-corrected chi connectivity index (χ0v) is 18.6. The highest BCUT2D eigenvalue weighted by molar-refractivity contribution is 14.0. The number of nitrogens with one attached hydrogen (secondary N) is 1. The molecule has 0 amide bonds. The number of benzene rings is 1. The van der Waals surface area contributed by atoms with E-state index in [2.05, 4.69) is 64.2 Å². The van der Waals surface area contributed by atoms with Crippen LogP contribution in [0.15, 0.2) is 41.5 Å². The number of aryl methyl sites for hydroxylation is 2. The van der Waals surface area contributed by atoms with E-state index in [-0.39, 0.29) is 24.0 Å². The van der Waals surface area contributed by atoms with Crippen molar-refractivity contribution in [2.75, 3.05) is 43.4 Å². The van der Waals surface area contributed by atoms with Gasteiger partial charge in [-0.05, 0) is 61.9 Å². The number of hydrogen-bond acceptors (Lipinski definition) is 4. The van der Waals surface area contributed by atoms with Crippen molar-refractivity contribution in [3.05, 3.63) is 53.2 Å². The Hall–Kier alpha value is -1.87. The molecule has 0 radical (unpaired) electrons. The van der Waals surface area contributed by atoms with Gasteiger partial charge in [-0.2, -0.15) is 0 Å². The zero-order chi connectivity index (χ0) is 18.5. The van der Waals surface area contributed by atoms with Gasteiger partial charge in [0, 0.05) is 38.1 Å². The van der Waals surface area contributed by atoms with Crippen LogP contribution in [-0.4, -0.2) is 49.1 Å². The molecule has 0 unspecified atom stereocenters. The summed E-state index contributed by atoms with van der Waals surface area (Å²) in [4.78, 5) is 13.6. The molecule has 1 aliphatic heterocycles. The molecular weight excluding hydrogens is 451 g/mol. The molecule has 146 valence electrons. The topological polar surface area (TPSA) is 69.8 Å². The van der Waals surface area contributed by atoms with E-state index in [1.165, 1.54) is 11.1 Å². The van der Waals surface area contributed by atoms with Gasteiger partial charge in [-0.3, -0.25) is 0 Å². The molecule has 1 aliphatic rings. The number of rotatable bonds is 4. The number of guanidine groups is 1. The predicted octanol–water partition coefficient (Wildman–Crippen LogP) is 3.00. The van der Waals surface area contributed by atoms with Crippen LogP contribution in [0, 0.1) is 13.8 Å². The first-order valence-electron chi connectivity index (χ1n) is 9.04. The number of piperazine rings is 1. The summed E-state index contributed by atoms with van der Waals surface area (Å²) in [6, 6.07) is 10.3. The quantitative estimate of drug-likeness (QED) is 0.400. The van der Waals surface area contributed by atoms with Gasteiger partial charge in [0.05, 0.1) is 6.54 Å². The van der Waals surface area contributed by atoms with E-state index in [0.717, 1.165) is 43.2 Å². The molecule has 0 spiro atoms. The molecule has 0 bridgehead atoms. The van der Waals surface area contributed by atoms with E-state index in [0.29, 0.717) is 12.5 Å². The number of hydrogen-bond donors (Lipinski definition) is 2. The molecule has 1 aromatic carbocycles. The molecule has 27 heavy (non-hydrogen) atoms.